The lowest BCUT2D eigenvalue weighted by Crippen LogP contribution is -2.41. The van der Waals surface area contributed by atoms with Crippen LogP contribution in [0.4, 0.5) is 0 Å². The molecule has 1 atom stereocenters. The molecule has 1 rings (SSSR count). The van der Waals surface area contributed by atoms with Gasteiger partial charge in [-0.2, -0.15) is 0 Å². The number of rotatable bonds is 3. The number of methoxy groups -OCH3 is 1. The fraction of sp³-hybridized carbons (Fsp3) is 0.455. The Balaban J connectivity index is 3.11. The van der Waals surface area contributed by atoms with Gasteiger partial charge in [0.2, 0.25) is 0 Å². The van der Waals surface area contributed by atoms with Crippen LogP contribution in [0.3, 0.4) is 0 Å². The van der Waals surface area contributed by atoms with E-state index >= 15 is 0 Å². The second-order valence-electron chi connectivity index (χ2n) is 3.99. The molecule has 1 aromatic rings. The number of aromatic nitrogens is 1. The summed E-state index contributed by atoms with van der Waals surface area (Å²) in [5.41, 5.74) is -0.00639. The van der Waals surface area contributed by atoms with Crippen LogP contribution in [0, 0.1) is 0 Å². The summed E-state index contributed by atoms with van der Waals surface area (Å²) in [6.07, 6.45) is 0.409. The van der Waals surface area contributed by atoms with Gasteiger partial charge in [0.25, 0.3) is 0 Å². The smallest absolute Gasteiger partial charge is 0.335 e. The van der Waals surface area contributed by atoms with Crippen LogP contribution in [0.25, 0.3) is 0 Å². The summed E-state index contributed by atoms with van der Waals surface area (Å²) in [6, 6.07) is 3.56. The lowest BCUT2D eigenvalue weighted by atomic mass is 9.80. The number of esters is 1. The quantitative estimate of drug-likeness (QED) is 0.678. The zero-order chi connectivity index (χ0) is 12.3. The lowest BCUT2D eigenvalue weighted by molar-refractivity contribution is -0.153. The van der Waals surface area contributed by atoms with Gasteiger partial charge in [-0.3, -0.25) is 0 Å². The average Bonchev–Trinajstić information content (AvgIpc) is 2.27. The van der Waals surface area contributed by atoms with Crippen molar-refractivity contribution in [2.75, 3.05) is 7.11 Å². The van der Waals surface area contributed by atoms with Gasteiger partial charge in [0.1, 0.15) is 4.60 Å². The van der Waals surface area contributed by atoms with Crippen molar-refractivity contribution >= 4 is 21.9 Å². The number of nitrogens with zero attached hydrogens (tertiary/aromatic N) is 1. The number of aliphatic hydroxyl groups excluding tert-OH is 1. The van der Waals surface area contributed by atoms with E-state index in [9.17, 15) is 9.90 Å². The Kier molecular flexibility index (Phi) is 4.04. The van der Waals surface area contributed by atoms with Crippen LogP contribution < -0.4 is 0 Å². The number of aliphatic hydroxyl groups is 1. The number of pyridine rings is 1. The van der Waals surface area contributed by atoms with Crippen molar-refractivity contribution in [1.82, 2.24) is 4.98 Å². The standard InChI is InChI=1S/C11H14BrNO3/c1-11(2,8(14)10(15)16-3)7-5-4-6-13-9(7)12/h4-6,8,14H,1-3H3. The Morgan fingerprint density at radius 3 is 2.75 bits per heavy atom. The van der Waals surface area contributed by atoms with Crippen molar-refractivity contribution in [2.24, 2.45) is 0 Å². The Bertz CT molecular complexity index is 393. The first-order valence-corrected chi connectivity index (χ1v) is 5.57. The number of ether oxygens (including phenoxy) is 1. The van der Waals surface area contributed by atoms with Crippen LogP contribution in [0.5, 0.6) is 0 Å². The largest absolute Gasteiger partial charge is 0.467 e. The second-order valence-corrected chi connectivity index (χ2v) is 4.74. The highest BCUT2D eigenvalue weighted by Gasteiger charge is 2.37. The molecule has 0 bridgehead atoms. The van der Waals surface area contributed by atoms with Gasteiger partial charge in [0, 0.05) is 11.6 Å². The maximum atomic E-state index is 11.3. The summed E-state index contributed by atoms with van der Waals surface area (Å²) < 4.78 is 5.15. The number of halogens is 1. The summed E-state index contributed by atoms with van der Waals surface area (Å²) in [4.78, 5) is 15.4. The summed E-state index contributed by atoms with van der Waals surface area (Å²) in [5.74, 6) is -0.652. The number of carbonyl (C=O) groups is 1. The number of carbonyl (C=O) groups excluding carboxylic acids is 1. The van der Waals surface area contributed by atoms with Gasteiger partial charge in [0.05, 0.1) is 7.11 Å². The summed E-state index contributed by atoms with van der Waals surface area (Å²) in [5, 5.41) is 9.90. The molecule has 5 heteroatoms. The first-order chi connectivity index (χ1) is 7.41. The molecule has 0 aliphatic rings. The van der Waals surface area contributed by atoms with E-state index in [2.05, 4.69) is 25.7 Å². The van der Waals surface area contributed by atoms with Crippen LogP contribution in [0.2, 0.25) is 0 Å². The molecule has 0 fully saturated rings. The van der Waals surface area contributed by atoms with Crippen LogP contribution in [-0.4, -0.2) is 29.3 Å². The molecule has 1 unspecified atom stereocenters. The van der Waals surface area contributed by atoms with Crippen molar-refractivity contribution in [3.63, 3.8) is 0 Å². The molecule has 16 heavy (non-hydrogen) atoms. The fourth-order valence-corrected chi connectivity index (χ4v) is 2.18. The minimum Gasteiger partial charge on any atom is -0.467 e. The van der Waals surface area contributed by atoms with Crippen LogP contribution in [0.1, 0.15) is 19.4 Å². The van der Waals surface area contributed by atoms with Gasteiger partial charge in [-0.25, -0.2) is 9.78 Å². The molecular weight excluding hydrogens is 274 g/mol. The van der Waals surface area contributed by atoms with Gasteiger partial charge in [-0.1, -0.05) is 19.9 Å². The third-order valence-corrected chi connectivity index (χ3v) is 3.19. The Hall–Kier alpha value is -0.940. The minimum atomic E-state index is -1.22. The van der Waals surface area contributed by atoms with E-state index in [1.165, 1.54) is 7.11 Å². The van der Waals surface area contributed by atoms with Crippen molar-refractivity contribution < 1.29 is 14.6 Å². The van der Waals surface area contributed by atoms with E-state index in [0.717, 1.165) is 5.56 Å². The van der Waals surface area contributed by atoms with Crippen molar-refractivity contribution in [3.8, 4) is 0 Å². The van der Waals surface area contributed by atoms with Gasteiger partial charge in [-0.15, -0.1) is 0 Å². The SMILES string of the molecule is COC(=O)C(O)C(C)(C)c1cccnc1Br. The Morgan fingerprint density at radius 2 is 2.25 bits per heavy atom. The lowest BCUT2D eigenvalue weighted by Gasteiger charge is -2.29. The second kappa shape index (κ2) is 4.93. The first kappa shape index (κ1) is 13.1. The maximum absolute atomic E-state index is 11.3. The molecule has 0 radical (unpaired) electrons. The highest BCUT2D eigenvalue weighted by Crippen LogP contribution is 2.32. The number of hydrogen-bond donors (Lipinski definition) is 1. The van der Waals surface area contributed by atoms with Gasteiger partial charge >= 0.3 is 5.97 Å². The zero-order valence-corrected chi connectivity index (χ0v) is 11.0. The Morgan fingerprint density at radius 1 is 1.62 bits per heavy atom. The maximum Gasteiger partial charge on any atom is 0.335 e. The molecule has 0 amide bonds. The van der Waals surface area contributed by atoms with Crippen LogP contribution >= 0.6 is 15.9 Å². The highest BCUT2D eigenvalue weighted by atomic mass is 79.9. The Labute approximate surface area is 103 Å². The van der Waals surface area contributed by atoms with E-state index < -0.39 is 17.5 Å². The highest BCUT2D eigenvalue weighted by molar-refractivity contribution is 9.10. The molecule has 0 aliphatic heterocycles. The summed E-state index contributed by atoms with van der Waals surface area (Å²) in [7, 11) is 1.25. The third-order valence-electron chi connectivity index (χ3n) is 2.56. The molecule has 0 aliphatic carbocycles. The molecule has 4 nitrogen and oxygen atoms in total. The summed E-state index contributed by atoms with van der Waals surface area (Å²) >= 11 is 3.30. The molecular formula is C11H14BrNO3. The van der Waals surface area contributed by atoms with E-state index in [1.807, 2.05) is 6.07 Å². The monoisotopic (exact) mass is 287 g/mol. The van der Waals surface area contributed by atoms with Crippen molar-refractivity contribution in [3.05, 3.63) is 28.5 Å². The van der Waals surface area contributed by atoms with E-state index in [1.54, 1.807) is 26.1 Å². The predicted octanol–water partition coefficient (Wildman–Crippen LogP) is 1.66. The molecule has 1 N–H and O–H groups in total. The molecule has 0 saturated heterocycles. The van der Waals surface area contributed by atoms with E-state index in [-0.39, 0.29) is 0 Å². The van der Waals surface area contributed by atoms with Crippen LogP contribution in [0.15, 0.2) is 22.9 Å². The first-order valence-electron chi connectivity index (χ1n) is 4.78. The molecule has 88 valence electrons. The van der Waals surface area contributed by atoms with Gasteiger partial charge in [0.15, 0.2) is 6.10 Å². The number of hydrogen-bond acceptors (Lipinski definition) is 4. The normalized spacial score (nSPS) is 13.3. The topological polar surface area (TPSA) is 59.4 Å². The van der Waals surface area contributed by atoms with E-state index in [0.29, 0.717) is 4.60 Å². The van der Waals surface area contributed by atoms with Gasteiger partial charge in [-0.05, 0) is 27.6 Å². The summed E-state index contributed by atoms with van der Waals surface area (Å²) in [6.45, 7) is 3.52. The van der Waals surface area contributed by atoms with Crippen molar-refractivity contribution in [1.29, 1.82) is 0 Å². The molecule has 0 aromatic carbocycles. The van der Waals surface area contributed by atoms with E-state index in [4.69, 9.17) is 0 Å². The molecule has 0 saturated carbocycles. The minimum absolute atomic E-state index is 0.614. The van der Waals surface area contributed by atoms with Gasteiger partial charge < -0.3 is 9.84 Å². The average molecular weight is 288 g/mol. The molecule has 0 spiro atoms. The third kappa shape index (κ3) is 2.41. The zero-order valence-electron chi connectivity index (χ0n) is 9.40. The molecule has 1 aromatic heterocycles. The molecule has 1 heterocycles. The van der Waals surface area contributed by atoms with Crippen LogP contribution in [-0.2, 0) is 14.9 Å². The predicted molar refractivity (Wildman–Crippen MR) is 63.0 cm³/mol. The fourth-order valence-electron chi connectivity index (χ4n) is 1.42. The van der Waals surface area contributed by atoms with Crippen molar-refractivity contribution in [2.45, 2.75) is 25.4 Å².